The van der Waals surface area contributed by atoms with Crippen molar-refractivity contribution in [2.45, 2.75) is 27.7 Å². The van der Waals surface area contributed by atoms with Gasteiger partial charge >= 0.3 is 0 Å². The van der Waals surface area contributed by atoms with Crippen molar-refractivity contribution >= 4 is 171 Å². The molecule has 110 heavy (non-hydrogen) atoms. The zero-order valence-corrected chi connectivity index (χ0v) is 60.4. The Kier molecular flexibility index (Phi) is 13.9. The van der Waals surface area contributed by atoms with Crippen molar-refractivity contribution < 1.29 is 13.3 Å². The second-order valence-electron chi connectivity index (χ2n) is 28.7. The van der Waals surface area contributed by atoms with E-state index in [0.717, 1.165) is 161 Å². The lowest BCUT2D eigenvalue weighted by Gasteiger charge is -2.08. The normalized spacial score (nSPS) is 12.0. The molecule has 0 spiro atoms. The predicted molar refractivity (Wildman–Crippen MR) is 450 cm³/mol. The first-order chi connectivity index (χ1) is 54.2. The molecule has 522 valence electrons. The Morgan fingerprint density at radius 1 is 0.209 bits per heavy atom. The average Bonchev–Trinajstić information content (AvgIpc) is 1.57. The van der Waals surface area contributed by atoms with Gasteiger partial charge in [0, 0.05) is 54.5 Å². The van der Waals surface area contributed by atoms with E-state index in [9.17, 15) is 0 Å². The van der Waals surface area contributed by atoms with E-state index in [4.69, 9.17) is 28.2 Å². The molecule has 0 atom stereocenters. The van der Waals surface area contributed by atoms with E-state index in [1.807, 2.05) is 60.7 Å². The fourth-order valence-electron chi connectivity index (χ4n) is 16.8. The second-order valence-corrected chi connectivity index (χ2v) is 28.7. The minimum Gasteiger partial charge on any atom is -0.456 e. The first-order valence-electron chi connectivity index (χ1n) is 37.1. The Labute approximate surface area is 627 Å². The highest BCUT2D eigenvalue weighted by Gasteiger charge is 2.24. The van der Waals surface area contributed by atoms with Gasteiger partial charge in [-0.05, 0) is 208 Å². The maximum absolute atomic E-state index is 6.35. The van der Waals surface area contributed by atoms with Gasteiger partial charge in [-0.1, -0.05) is 169 Å². The van der Waals surface area contributed by atoms with Crippen molar-refractivity contribution in [1.82, 2.24) is 46.4 Å². The number of rotatable bonds is 4. The number of nitrogens with zero attached hydrogens (tertiary/aromatic N) is 10. The first-order valence-corrected chi connectivity index (χ1v) is 37.1. The van der Waals surface area contributed by atoms with E-state index in [-0.39, 0.29) is 0 Å². The summed E-state index contributed by atoms with van der Waals surface area (Å²) in [5.74, 6) is 2.77. The van der Waals surface area contributed by atoms with Crippen LogP contribution in [0.3, 0.4) is 0 Å². The molecular weight excluding hydrogens is 1350 g/mol. The van der Waals surface area contributed by atoms with Crippen LogP contribution in [0.2, 0.25) is 0 Å². The van der Waals surface area contributed by atoms with E-state index in [1.165, 1.54) is 55.1 Å². The van der Waals surface area contributed by atoms with Crippen LogP contribution in [0.15, 0.2) is 341 Å². The Morgan fingerprint density at radius 3 is 1.09 bits per heavy atom. The third-order valence-electron chi connectivity index (χ3n) is 21.8. The van der Waals surface area contributed by atoms with Crippen molar-refractivity contribution in [3.05, 3.63) is 350 Å². The van der Waals surface area contributed by atoms with Crippen LogP contribution >= 0.6 is 0 Å². The summed E-state index contributed by atoms with van der Waals surface area (Å²) in [6.07, 6.45) is 0. The third kappa shape index (κ3) is 9.70. The molecule has 13 heteroatoms. The van der Waals surface area contributed by atoms with Crippen molar-refractivity contribution in [2.24, 2.45) is 0 Å². The Bertz CT molecular complexity index is 8050. The molecule has 0 fully saturated rings. The fraction of sp³-hybridized carbons (Fsp3) is 0.0412. The molecule has 25 aromatic rings. The molecule has 0 amide bonds. The number of furan rings is 3. The molecule has 10 heterocycles. The first kappa shape index (κ1) is 62.7. The Balaban J connectivity index is 0.0000000909. The molecular formula is C97H66N10O3. The Morgan fingerprint density at radius 2 is 0.573 bits per heavy atom. The zero-order valence-electron chi connectivity index (χ0n) is 60.4. The molecule has 0 radical (unpaired) electrons. The van der Waals surface area contributed by atoms with Crippen molar-refractivity contribution in [3.63, 3.8) is 0 Å². The topological polar surface area (TPSA) is 111 Å². The largest absolute Gasteiger partial charge is 0.456 e. The van der Waals surface area contributed by atoms with Gasteiger partial charge in [0.15, 0.2) is 5.58 Å². The number of hydrogen-bond acceptors (Lipinski definition) is 6. The van der Waals surface area contributed by atoms with E-state index < -0.39 is 0 Å². The standard InChI is InChI=1S/2C26H17N3O.C25H17NO.C20H15N3/c1-16-13-14-21-23(15-16)28-20-10-4-3-9-19(20)27-26(28)29(21)22-11-6-8-18-17-7-2-5-12-24(17)30-25(18)22;1-16-10-12-22-23(14-16)29-21-8-4-3-7-20(21)27-26(29)28(22)17-11-13-25-19(15-17)18-6-2-5-9-24(18)30-25;1-16-10-12-23-20(14-16)18-6-2-4-8-22(18)26(23)17-11-13-25-21(15-17)19-7-3-5-9-24(19)27-25;1-14-11-12-18-19(13-14)23-17-10-6-5-9-16(17)21-20(23)22(18)15-7-3-2-4-8-15/h2*2-15H,1H3;2-15H,1H3;2-13H,1H3. The lowest BCUT2D eigenvalue weighted by Crippen LogP contribution is -1.95. The minimum absolute atomic E-state index is 0.880. The van der Waals surface area contributed by atoms with Gasteiger partial charge in [-0.25, -0.2) is 15.0 Å². The van der Waals surface area contributed by atoms with E-state index in [2.05, 4.69) is 326 Å². The van der Waals surface area contributed by atoms with Gasteiger partial charge in [-0.3, -0.25) is 26.9 Å². The van der Waals surface area contributed by atoms with Gasteiger partial charge in [0.25, 0.3) is 0 Å². The summed E-state index contributed by atoms with van der Waals surface area (Å²) in [6.45, 7) is 8.53. The number of aryl methyl sites for hydroxylation is 4. The summed E-state index contributed by atoms with van der Waals surface area (Å²) >= 11 is 0. The van der Waals surface area contributed by atoms with Gasteiger partial charge in [0.1, 0.15) is 27.9 Å². The van der Waals surface area contributed by atoms with Crippen LogP contribution in [0, 0.1) is 27.7 Å². The molecule has 0 saturated carbocycles. The second kappa shape index (κ2) is 24.4. The molecule has 10 aromatic heterocycles. The third-order valence-corrected chi connectivity index (χ3v) is 21.8. The average molecular weight is 1420 g/mol. The monoisotopic (exact) mass is 1420 g/mol. The highest BCUT2D eigenvalue weighted by atomic mass is 16.3. The lowest BCUT2D eigenvalue weighted by atomic mass is 10.1. The van der Waals surface area contributed by atoms with E-state index in [1.54, 1.807) is 0 Å². The number of hydrogen-bond donors (Lipinski definition) is 0. The SMILES string of the molecule is Cc1ccc2c(c1)c1ccccc1n2-c1ccc2oc3ccccc3c2c1.Cc1ccc2c(c1)n1c3ccccc3nc1n2-c1ccc2oc3ccccc3c2c1.Cc1ccc2c(c1)n1c3ccccc3nc1n2-c1cccc2c1oc1ccccc12.Cc1ccc2c(c1)n1c3ccccc3nc1n2-c1ccccc1. The van der Waals surface area contributed by atoms with Crippen LogP contribution in [-0.2, 0) is 0 Å². The summed E-state index contributed by atoms with van der Waals surface area (Å²) in [4.78, 5) is 14.9. The summed E-state index contributed by atoms with van der Waals surface area (Å²) in [5, 5.41) is 9.39. The van der Waals surface area contributed by atoms with Crippen LogP contribution < -0.4 is 0 Å². The number of aromatic nitrogens is 10. The number of imidazole rings is 6. The molecule has 25 rings (SSSR count). The van der Waals surface area contributed by atoms with Crippen LogP contribution in [0.25, 0.3) is 194 Å². The van der Waals surface area contributed by atoms with Gasteiger partial charge in [0.2, 0.25) is 17.3 Å². The highest BCUT2D eigenvalue weighted by Crippen LogP contribution is 2.41. The van der Waals surface area contributed by atoms with E-state index >= 15 is 0 Å². The summed E-state index contributed by atoms with van der Waals surface area (Å²) in [7, 11) is 0. The maximum atomic E-state index is 6.35. The smallest absolute Gasteiger partial charge is 0.220 e. The van der Waals surface area contributed by atoms with Crippen LogP contribution in [0.1, 0.15) is 22.3 Å². The molecule has 0 unspecified atom stereocenters. The van der Waals surface area contributed by atoms with Crippen LogP contribution in [-0.4, -0.2) is 46.4 Å². The molecule has 0 aliphatic carbocycles. The fourth-order valence-corrected chi connectivity index (χ4v) is 16.8. The molecule has 0 saturated heterocycles. The molecule has 0 aliphatic rings. The van der Waals surface area contributed by atoms with Crippen LogP contribution in [0.5, 0.6) is 0 Å². The number of para-hydroxylation sites is 12. The maximum Gasteiger partial charge on any atom is 0.220 e. The highest BCUT2D eigenvalue weighted by molar-refractivity contribution is 6.12. The quantitative estimate of drug-likeness (QED) is 0.174. The molecule has 0 bridgehead atoms. The Hall–Kier alpha value is -14.7. The van der Waals surface area contributed by atoms with E-state index in [0.29, 0.717) is 0 Å². The van der Waals surface area contributed by atoms with Gasteiger partial charge in [-0.2, -0.15) is 0 Å². The van der Waals surface area contributed by atoms with Crippen molar-refractivity contribution in [1.29, 1.82) is 0 Å². The number of benzene rings is 15. The van der Waals surface area contributed by atoms with Crippen LogP contribution in [0.4, 0.5) is 0 Å². The summed E-state index contributed by atoms with van der Waals surface area (Å²) in [5.41, 5.74) is 30.6. The summed E-state index contributed by atoms with van der Waals surface area (Å²) in [6, 6.07) is 114. The van der Waals surface area contributed by atoms with Gasteiger partial charge in [0.05, 0.1) is 88.6 Å². The summed E-state index contributed by atoms with van der Waals surface area (Å²) < 4.78 is 34.2. The zero-order chi connectivity index (χ0) is 73.0. The lowest BCUT2D eigenvalue weighted by molar-refractivity contribution is 0.666. The van der Waals surface area contributed by atoms with Crippen molar-refractivity contribution in [3.8, 4) is 22.7 Å². The molecule has 0 N–H and O–H groups in total. The molecule has 13 nitrogen and oxygen atoms in total. The van der Waals surface area contributed by atoms with Gasteiger partial charge < -0.3 is 17.8 Å². The minimum atomic E-state index is 0.880. The predicted octanol–water partition coefficient (Wildman–Crippen LogP) is 25.0. The number of fused-ring (bicyclic) bond motifs is 27. The molecule has 0 aliphatic heterocycles. The molecule has 15 aromatic carbocycles. The van der Waals surface area contributed by atoms with Gasteiger partial charge in [-0.15, -0.1) is 0 Å². The van der Waals surface area contributed by atoms with Crippen molar-refractivity contribution in [2.75, 3.05) is 0 Å².